The van der Waals surface area contributed by atoms with Crippen LogP contribution in [0.15, 0.2) is 60.7 Å². The van der Waals surface area contributed by atoms with Crippen LogP contribution in [0.5, 0.6) is 11.6 Å². The summed E-state index contributed by atoms with van der Waals surface area (Å²) in [6.07, 6.45) is 0. The maximum atomic E-state index is 11.5. The largest absolute Gasteiger partial charge is 0.497 e. The van der Waals surface area contributed by atoms with Gasteiger partial charge in [0.25, 0.3) is 0 Å². The van der Waals surface area contributed by atoms with Gasteiger partial charge in [-0.2, -0.15) is 0 Å². The Morgan fingerprint density at radius 3 is 2.46 bits per heavy atom. The van der Waals surface area contributed by atoms with Crippen molar-refractivity contribution in [2.45, 2.75) is 6.92 Å². The number of methoxy groups -OCH3 is 1. The SMILES string of the molecule is CCOC(=O)COc1cc(-c2ccc(OC)cc2)n(-c2ccccc2)n1. The first-order valence-electron chi connectivity index (χ1n) is 8.29. The van der Waals surface area contributed by atoms with Gasteiger partial charge in [-0.3, -0.25) is 0 Å². The molecule has 0 aliphatic heterocycles. The van der Waals surface area contributed by atoms with E-state index in [1.807, 2.05) is 54.6 Å². The van der Waals surface area contributed by atoms with Crippen molar-refractivity contribution < 1.29 is 19.0 Å². The van der Waals surface area contributed by atoms with Gasteiger partial charge in [-0.15, -0.1) is 5.10 Å². The van der Waals surface area contributed by atoms with Crippen LogP contribution in [0.25, 0.3) is 16.9 Å². The topological polar surface area (TPSA) is 62.6 Å². The first kappa shape index (κ1) is 17.5. The van der Waals surface area contributed by atoms with E-state index >= 15 is 0 Å². The van der Waals surface area contributed by atoms with Crippen molar-refractivity contribution in [1.29, 1.82) is 0 Å². The molecular weight excluding hydrogens is 332 g/mol. The molecule has 0 atom stereocenters. The Kier molecular flexibility index (Phi) is 5.53. The van der Waals surface area contributed by atoms with Crippen LogP contribution in [-0.2, 0) is 9.53 Å². The Bertz CT molecular complexity index is 857. The summed E-state index contributed by atoms with van der Waals surface area (Å²) in [5.74, 6) is 0.707. The molecule has 0 amide bonds. The lowest BCUT2D eigenvalue weighted by molar-refractivity contribution is -0.145. The fourth-order valence-corrected chi connectivity index (χ4v) is 2.50. The average molecular weight is 352 g/mol. The molecule has 0 saturated carbocycles. The van der Waals surface area contributed by atoms with Gasteiger partial charge in [0.1, 0.15) is 5.75 Å². The molecule has 6 nitrogen and oxygen atoms in total. The molecule has 0 spiro atoms. The van der Waals surface area contributed by atoms with Crippen LogP contribution in [0.4, 0.5) is 0 Å². The molecule has 134 valence electrons. The molecule has 0 radical (unpaired) electrons. The third-order valence-corrected chi connectivity index (χ3v) is 3.72. The fraction of sp³-hybridized carbons (Fsp3) is 0.200. The molecule has 0 saturated heterocycles. The second-order valence-electron chi connectivity index (χ2n) is 5.44. The molecular formula is C20H20N2O4. The Balaban J connectivity index is 1.93. The minimum atomic E-state index is -0.423. The molecule has 1 heterocycles. The minimum absolute atomic E-state index is 0.179. The molecule has 3 rings (SSSR count). The maximum Gasteiger partial charge on any atom is 0.344 e. The van der Waals surface area contributed by atoms with Gasteiger partial charge >= 0.3 is 5.97 Å². The minimum Gasteiger partial charge on any atom is -0.497 e. The summed E-state index contributed by atoms with van der Waals surface area (Å²) < 4.78 is 17.4. The second-order valence-corrected chi connectivity index (χ2v) is 5.44. The van der Waals surface area contributed by atoms with Crippen LogP contribution >= 0.6 is 0 Å². The first-order chi connectivity index (χ1) is 12.7. The van der Waals surface area contributed by atoms with Gasteiger partial charge in [-0.25, -0.2) is 9.48 Å². The molecule has 0 aliphatic carbocycles. The predicted molar refractivity (Wildman–Crippen MR) is 97.7 cm³/mol. The number of carbonyl (C=O) groups is 1. The Hall–Kier alpha value is -3.28. The van der Waals surface area contributed by atoms with Crippen molar-refractivity contribution in [3.05, 3.63) is 60.7 Å². The number of rotatable bonds is 7. The van der Waals surface area contributed by atoms with Gasteiger partial charge in [0.2, 0.25) is 5.88 Å². The van der Waals surface area contributed by atoms with Crippen molar-refractivity contribution in [3.8, 4) is 28.6 Å². The summed E-state index contributed by atoms with van der Waals surface area (Å²) in [7, 11) is 1.63. The lowest BCUT2D eigenvalue weighted by Gasteiger charge is -2.07. The molecule has 26 heavy (non-hydrogen) atoms. The highest BCUT2D eigenvalue weighted by Crippen LogP contribution is 2.28. The van der Waals surface area contributed by atoms with E-state index < -0.39 is 5.97 Å². The van der Waals surface area contributed by atoms with E-state index in [9.17, 15) is 4.79 Å². The maximum absolute atomic E-state index is 11.5. The molecule has 0 bridgehead atoms. The lowest BCUT2D eigenvalue weighted by Crippen LogP contribution is -2.14. The van der Waals surface area contributed by atoms with Gasteiger partial charge in [-0.1, -0.05) is 18.2 Å². The van der Waals surface area contributed by atoms with Gasteiger partial charge in [0.05, 0.1) is 25.1 Å². The van der Waals surface area contributed by atoms with Gasteiger partial charge < -0.3 is 14.2 Å². The standard InChI is InChI=1S/C20H20N2O4/c1-3-25-20(23)14-26-19-13-18(15-9-11-17(24-2)12-10-15)22(21-19)16-7-5-4-6-8-16/h4-13H,3,14H2,1-2H3. The zero-order chi connectivity index (χ0) is 18.4. The highest BCUT2D eigenvalue weighted by Gasteiger charge is 2.14. The van der Waals surface area contributed by atoms with Crippen LogP contribution in [0, 0.1) is 0 Å². The van der Waals surface area contributed by atoms with Crippen LogP contribution < -0.4 is 9.47 Å². The van der Waals surface area contributed by atoms with Crippen LogP contribution in [0.1, 0.15) is 6.92 Å². The number of hydrogen-bond donors (Lipinski definition) is 0. The third kappa shape index (κ3) is 4.03. The van der Waals surface area contributed by atoms with Crippen LogP contribution in [-0.4, -0.2) is 36.1 Å². The van der Waals surface area contributed by atoms with E-state index in [1.165, 1.54) is 0 Å². The number of nitrogens with zero attached hydrogens (tertiary/aromatic N) is 2. The third-order valence-electron chi connectivity index (χ3n) is 3.72. The molecule has 0 unspecified atom stereocenters. The lowest BCUT2D eigenvalue weighted by atomic mass is 10.1. The summed E-state index contributed by atoms with van der Waals surface area (Å²) >= 11 is 0. The van der Waals surface area contributed by atoms with Crippen molar-refractivity contribution in [2.75, 3.05) is 20.3 Å². The van der Waals surface area contributed by atoms with E-state index in [2.05, 4.69) is 5.10 Å². The number of ether oxygens (including phenoxy) is 3. The number of carbonyl (C=O) groups excluding carboxylic acids is 1. The number of esters is 1. The first-order valence-corrected chi connectivity index (χ1v) is 8.29. The van der Waals surface area contributed by atoms with E-state index in [4.69, 9.17) is 14.2 Å². The molecule has 2 aromatic carbocycles. The highest BCUT2D eigenvalue weighted by molar-refractivity contribution is 5.71. The average Bonchev–Trinajstić information content (AvgIpc) is 3.12. The number of benzene rings is 2. The van der Waals surface area contributed by atoms with E-state index in [0.717, 1.165) is 22.7 Å². The summed E-state index contributed by atoms with van der Waals surface area (Å²) in [5.41, 5.74) is 2.69. The van der Waals surface area contributed by atoms with E-state index in [1.54, 1.807) is 24.8 Å². The smallest absolute Gasteiger partial charge is 0.344 e. The summed E-state index contributed by atoms with van der Waals surface area (Å²) in [6.45, 7) is 1.89. The molecule has 1 aromatic heterocycles. The molecule has 0 N–H and O–H groups in total. The van der Waals surface area contributed by atoms with Crippen molar-refractivity contribution in [1.82, 2.24) is 9.78 Å². The monoisotopic (exact) mass is 352 g/mol. The van der Waals surface area contributed by atoms with Crippen LogP contribution in [0.3, 0.4) is 0 Å². The molecule has 6 heteroatoms. The zero-order valence-electron chi connectivity index (χ0n) is 14.7. The number of hydrogen-bond acceptors (Lipinski definition) is 5. The van der Waals surface area contributed by atoms with Gasteiger partial charge in [0, 0.05) is 11.6 Å². The van der Waals surface area contributed by atoms with Crippen molar-refractivity contribution >= 4 is 5.97 Å². The van der Waals surface area contributed by atoms with E-state index in [0.29, 0.717) is 12.5 Å². The fourth-order valence-electron chi connectivity index (χ4n) is 2.50. The van der Waals surface area contributed by atoms with Crippen molar-refractivity contribution in [3.63, 3.8) is 0 Å². The molecule has 0 fully saturated rings. The zero-order valence-corrected chi connectivity index (χ0v) is 14.7. The molecule has 3 aromatic rings. The highest BCUT2D eigenvalue weighted by atomic mass is 16.6. The van der Waals surface area contributed by atoms with E-state index in [-0.39, 0.29) is 6.61 Å². The Labute approximate surface area is 151 Å². The summed E-state index contributed by atoms with van der Waals surface area (Å²) in [4.78, 5) is 11.5. The summed E-state index contributed by atoms with van der Waals surface area (Å²) in [5, 5.41) is 4.49. The normalized spacial score (nSPS) is 10.4. The Morgan fingerprint density at radius 1 is 1.08 bits per heavy atom. The Morgan fingerprint density at radius 2 is 1.81 bits per heavy atom. The van der Waals surface area contributed by atoms with Gasteiger partial charge in [-0.05, 0) is 43.3 Å². The second kappa shape index (κ2) is 8.20. The molecule has 0 aliphatic rings. The van der Waals surface area contributed by atoms with Crippen LogP contribution in [0.2, 0.25) is 0 Å². The van der Waals surface area contributed by atoms with Crippen molar-refractivity contribution in [2.24, 2.45) is 0 Å². The quantitative estimate of drug-likeness (QED) is 0.609. The van der Waals surface area contributed by atoms with Gasteiger partial charge in [0.15, 0.2) is 6.61 Å². The predicted octanol–water partition coefficient (Wildman–Crippen LogP) is 3.49. The number of para-hydroxylation sites is 1. The summed E-state index contributed by atoms with van der Waals surface area (Å²) in [6, 6.07) is 19.2. The number of aromatic nitrogens is 2.